The average Bonchev–Trinajstić information content (AvgIpc) is 2.92. The zero-order valence-electron chi connectivity index (χ0n) is 22.4. The first-order valence-electron chi connectivity index (χ1n) is 12.9. The predicted molar refractivity (Wildman–Crippen MR) is 159 cm³/mol. The Labute approximate surface area is 237 Å². The van der Waals surface area contributed by atoms with Gasteiger partial charge < -0.3 is 15.5 Å². The standard InChI is InChI=1S/C32H30ClF2N3O2/c1-4-8-19(2)26(36)17-28(39)24-12-11-22(16-25(24)33)38-27-10-7-5-6-9-20-15-21(18-37-32(20)27)23-13-14-29(40-3)31(35)30(23)34/h4-6,9-14,16,18-19,36,38H,1,7-8,15,17H2,2-3H3/b6-5-,20-9?,27-10-,36-26?/t19-/m0/s1. The van der Waals surface area contributed by atoms with Crippen molar-refractivity contribution in [2.45, 2.75) is 32.6 Å². The summed E-state index contributed by atoms with van der Waals surface area (Å²) in [6, 6.07) is 7.97. The molecule has 2 aliphatic rings. The summed E-state index contributed by atoms with van der Waals surface area (Å²) in [6.45, 7) is 5.59. The lowest BCUT2D eigenvalue weighted by Crippen LogP contribution is -2.18. The number of allylic oxidation sites excluding steroid dienone is 7. The molecule has 1 atom stereocenters. The summed E-state index contributed by atoms with van der Waals surface area (Å²) in [4.78, 5) is 17.4. The van der Waals surface area contributed by atoms with E-state index in [-0.39, 0.29) is 34.5 Å². The predicted octanol–water partition coefficient (Wildman–Crippen LogP) is 8.50. The number of ether oxygens (including phenoxy) is 1. The highest BCUT2D eigenvalue weighted by atomic mass is 35.5. The van der Waals surface area contributed by atoms with Crippen LogP contribution in [0.4, 0.5) is 14.5 Å². The fourth-order valence-corrected chi connectivity index (χ4v) is 4.79. The first-order valence-corrected chi connectivity index (χ1v) is 13.2. The molecule has 2 aromatic carbocycles. The normalized spacial score (nSPS) is 17.4. The van der Waals surface area contributed by atoms with Crippen LogP contribution in [0.15, 0.2) is 89.8 Å². The number of hydrogen-bond acceptors (Lipinski definition) is 5. The van der Waals surface area contributed by atoms with Gasteiger partial charge >= 0.3 is 0 Å². The molecule has 1 aliphatic carbocycles. The molecule has 0 unspecified atom stereocenters. The third kappa shape index (κ3) is 6.37. The van der Waals surface area contributed by atoms with Crippen LogP contribution in [0.25, 0.3) is 5.57 Å². The first-order chi connectivity index (χ1) is 19.2. The fourth-order valence-electron chi connectivity index (χ4n) is 4.51. The van der Waals surface area contributed by atoms with Crippen LogP contribution >= 0.6 is 11.6 Å². The summed E-state index contributed by atoms with van der Waals surface area (Å²) in [5, 5.41) is 11.8. The molecule has 0 bridgehead atoms. The number of aliphatic imine (C=N–C) groups is 1. The Balaban J connectivity index is 1.57. The molecule has 0 saturated heterocycles. The van der Waals surface area contributed by atoms with Crippen molar-refractivity contribution < 1.29 is 18.3 Å². The molecule has 1 aliphatic heterocycles. The van der Waals surface area contributed by atoms with Crippen LogP contribution < -0.4 is 10.1 Å². The number of methoxy groups -OCH3 is 1. The summed E-state index contributed by atoms with van der Waals surface area (Å²) in [5.41, 5.74) is 4.25. The Kier molecular flexibility index (Phi) is 9.27. The molecule has 0 saturated carbocycles. The van der Waals surface area contributed by atoms with Gasteiger partial charge in [0, 0.05) is 41.6 Å². The molecular formula is C32H30ClF2N3O2. The van der Waals surface area contributed by atoms with Crippen LogP contribution in [0.3, 0.4) is 0 Å². The quantitative estimate of drug-likeness (QED) is 0.173. The molecule has 4 rings (SSSR count). The van der Waals surface area contributed by atoms with E-state index in [1.54, 1.807) is 30.5 Å². The summed E-state index contributed by atoms with van der Waals surface area (Å²) in [6.07, 6.45) is 12.7. The van der Waals surface area contributed by atoms with E-state index in [0.29, 0.717) is 47.5 Å². The maximum Gasteiger partial charge on any atom is 0.201 e. The zero-order valence-corrected chi connectivity index (χ0v) is 23.1. The van der Waals surface area contributed by atoms with Crippen molar-refractivity contribution in [3.05, 3.63) is 113 Å². The van der Waals surface area contributed by atoms with Gasteiger partial charge in [-0.1, -0.05) is 48.9 Å². The van der Waals surface area contributed by atoms with Crippen molar-refractivity contribution in [2.24, 2.45) is 10.9 Å². The second-order valence-corrected chi connectivity index (χ2v) is 10.0. The van der Waals surface area contributed by atoms with E-state index >= 15 is 0 Å². The maximum absolute atomic E-state index is 14.8. The first kappa shape index (κ1) is 28.9. The number of fused-ring (bicyclic) bond motifs is 1. The number of benzene rings is 2. The molecule has 1 heterocycles. The Morgan fingerprint density at radius 3 is 2.77 bits per heavy atom. The summed E-state index contributed by atoms with van der Waals surface area (Å²) >= 11 is 6.49. The summed E-state index contributed by atoms with van der Waals surface area (Å²) in [5.74, 6) is -2.44. The van der Waals surface area contributed by atoms with Gasteiger partial charge in [-0.25, -0.2) is 4.39 Å². The lowest BCUT2D eigenvalue weighted by molar-refractivity contribution is 0.0999. The Hall–Kier alpha value is -4.10. The lowest BCUT2D eigenvalue weighted by atomic mass is 9.91. The lowest BCUT2D eigenvalue weighted by Gasteiger charge is -2.22. The highest BCUT2D eigenvalue weighted by Gasteiger charge is 2.24. The van der Waals surface area contributed by atoms with Crippen molar-refractivity contribution >= 4 is 40.1 Å². The highest BCUT2D eigenvalue weighted by molar-refractivity contribution is 6.34. The number of anilines is 1. The molecule has 0 radical (unpaired) electrons. The third-order valence-corrected chi connectivity index (χ3v) is 7.12. The van der Waals surface area contributed by atoms with Gasteiger partial charge in [0.2, 0.25) is 5.82 Å². The molecule has 2 N–H and O–H groups in total. The Morgan fingerprint density at radius 1 is 1.25 bits per heavy atom. The minimum atomic E-state index is -1.04. The number of halogens is 3. The molecule has 40 heavy (non-hydrogen) atoms. The van der Waals surface area contributed by atoms with E-state index in [1.165, 1.54) is 19.2 Å². The maximum atomic E-state index is 14.8. The van der Waals surface area contributed by atoms with Gasteiger partial charge in [-0.05, 0) is 60.2 Å². The van der Waals surface area contributed by atoms with Crippen molar-refractivity contribution in [3.63, 3.8) is 0 Å². The summed E-state index contributed by atoms with van der Waals surface area (Å²) in [7, 11) is 1.29. The Morgan fingerprint density at radius 2 is 2.05 bits per heavy atom. The number of nitrogens with one attached hydrogen (secondary N) is 2. The topological polar surface area (TPSA) is 74.5 Å². The van der Waals surface area contributed by atoms with Crippen molar-refractivity contribution in [1.82, 2.24) is 0 Å². The Bertz CT molecular complexity index is 1520. The van der Waals surface area contributed by atoms with Gasteiger partial charge in [0.15, 0.2) is 17.3 Å². The SMILES string of the molecule is C=CC[C@H](C)C(=N)CC(=O)c1ccc(N/C2=C\C/C=C\C=C3CC(c4ccc(OC)c(F)c4F)=CN=C32)cc1Cl. The van der Waals surface area contributed by atoms with E-state index in [1.807, 2.05) is 31.2 Å². The minimum absolute atomic E-state index is 0.00267. The number of Topliss-reactive ketones (excluding diaryl/α,β-unsaturated/α-hetero) is 1. The van der Waals surface area contributed by atoms with E-state index in [4.69, 9.17) is 21.7 Å². The highest BCUT2D eigenvalue weighted by Crippen LogP contribution is 2.35. The van der Waals surface area contributed by atoms with Crippen LogP contribution in [-0.2, 0) is 0 Å². The fraction of sp³-hybridized carbons (Fsp3) is 0.219. The van der Waals surface area contributed by atoms with Gasteiger partial charge in [-0.3, -0.25) is 9.79 Å². The van der Waals surface area contributed by atoms with Gasteiger partial charge in [0.25, 0.3) is 0 Å². The second kappa shape index (κ2) is 12.8. The molecule has 0 amide bonds. The van der Waals surface area contributed by atoms with Crippen LogP contribution in [0.1, 0.15) is 48.5 Å². The smallest absolute Gasteiger partial charge is 0.201 e. The molecule has 0 fully saturated rings. The minimum Gasteiger partial charge on any atom is -0.494 e. The molecule has 206 valence electrons. The number of rotatable bonds is 10. The van der Waals surface area contributed by atoms with Crippen LogP contribution in [0, 0.1) is 23.0 Å². The van der Waals surface area contributed by atoms with Gasteiger partial charge in [0.05, 0.1) is 23.5 Å². The number of carbonyl (C=O) groups excluding carboxylic acids is 1. The van der Waals surface area contributed by atoms with Crippen LogP contribution in [0.2, 0.25) is 5.02 Å². The van der Waals surface area contributed by atoms with Crippen molar-refractivity contribution in [2.75, 3.05) is 12.4 Å². The van der Waals surface area contributed by atoms with E-state index < -0.39 is 11.6 Å². The van der Waals surface area contributed by atoms with Crippen LogP contribution in [-0.4, -0.2) is 24.3 Å². The van der Waals surface area contributed by atoms with Crippen molar-refractivity contribution in [3.8, 4) is 5.75 Å². The number of ketones is 1. The summed E-state index contributed by atoms with van der Waals surface area (Å²) < 4.78 is 34.0. The monoisotopic (exact) mass is 561 g/mol. The molecule has 5 nitrogen and oxygen atoms in total. The van der Waals surface area contributed by atoms with E-state index in [2.05, 4.69) is 16.9 Å². The molecule has 0 aromatic heterocycles. The average molecular weight is 562 g/mol. The molecular weight excluding hydrogens is 532 g/mol. The number of carbonyl (C=O) groups is 1. The van der Waals surface area contributed by atoms with Crippen LogP contribution in [0.5, 0.6) is 5.75 Å². The van der Waals surface area contributed by atoms with E-state index in [0.717, 1.165) is 11.3 Å². The second-order valence-electron chi connectivity index (χ2n) is 9.60. The van der Waals surface area contributed by atoms with E-state index in [9.17, 15) is 13.6 Å². The largest absolute Gasteiger partial charge is 0.494 e. The number of hydrogen-bond donors (Lipinski definition) is 2. The third-order valence-electron chi connectivity index (χ3n) is 6.81. The zero-order chi connectivity index (χ0) is 28.8. The van der Waals surface area contributed by atoms with Crippen molar-refractivity contribution in [1.29, 1.82) is 5.41 Å². The van der Waals surface area contributed by atoms with Gasteiger partial charge in [-0.2, -0.15) is 4.39 Å². The van der Waals surface area contributed by atoms with Gasteiger partial charge in [-0.15, -0.1) is 6.58 Å². The molecule has 0 spiro atoms. The molecule has 8 heteroatoms. The molecule has 2 aromatic rings. The van der Waals surface area contributed by atoms with Gasteiger partial charge in [0.1, 0.15) is 0 Å². The number of nitrogens with zero attached hydrogens (tertiary/aromatic N) is 1.